The molecule has 0 fully saturated rings. The molecule has 4 aromatic rings. The minimum absolute atomic E-state index is 0.246. The lowest BCUT2D eigenvalue weighted by molar-refractivity contribution is 0.0987. The third-order valence-corrected chi connectivity index (χ3v) is 6.31. The van der Waals surface area contributed by atoms with E-state index in [4.69, 9.17) is 23.7 Å². The van der Waals surface area contributed by atoms with Gasteiger partial charge >= 0.3 is 0 Å². The number of hydrogen-bond acceptors (Lipinski definition) is 9. The summed E-state index contributed by atoms with van der Waals surface area (Å²) in [6, 6.07) is 12.4. The van der Waals surface area contributed by atoms with E-state index in [-0.39, 0.29) is 10.7 Å². The third kappa shape index (κ3) is 5.41. The topological polar surface area (TPSA) is 91.7 Å². The van der Waals surface area contributed by atoms with Crippen LogP contribution in [-0.2, 0) is 0 Å². The number of halogens is 1. The number of fused-ring (bicyclic) bond motifs is 1. The summed E-state index contributed by atoms with van der Waals surface area (Å²) in [4.78, 5) is 18.2. The molecule has 0 saturated heterocycles. The molecular formula is C26H24FN3O6S. The van der Waals surface area contributed by atoms with Crippen molar-refractivity contribution in [1.29, 1.82) is 0 Å². The number of amides is 1. The Bertz CT molecular complexity index is 1420. The summed E-state index contributed by atoms with van der Waals surface area (Å²) in [6.45, 7) is 0. The van der Waals surface area contributed by atoms with Gasteiger partial charge in [0.2, 0.25) is 10.9 Å². The van der Waals surface area contributed by atoms with E-state index in [1.807, 2.05) is 0 Å². The Morgan fingerprint density at radius 2 is 1.54 bits per heavy atom. The van der Waals surface area contributed by atoms with E-state index in [2.05, 4.69) is 10.1 Å². The number of hydrazone groups is 1. The van der Waals surface area contributed by atoms with Gasteiger partial charge in [0.05, 0.1) is 52.0 Å². The Hall–Kier alpha value is -4.38. The van der Waals surface area contributed by atoms with Crippen molar-refractivity contribution >= 4 is 38.8 Å². The van der Waals surface area contributed by atoms with Gasteiger partial charge in [-0.25, -0.2) is 9.37 Å². The summed E-state index contributed by atoms with van der Waals surface area (Å²) in [5.74, 6) is 1.24. The number of anilines is 1. The largest absolute Gasteiger partial charge is 0.497 e. The summed E-state index contributed by atoms with van der Waals surface area (Å²) < 4.78 is 41.2. The van der Waals surface area contributed by atoms with Crippen molar-refractivity contribution in [3.63, 3.8) is 0 Å². The number of rotatable bonds is 9. The molecule has 192 valence electrons. The highest BCUT2D eigenvalue weighted by Crippen LogP contribution is 2.38. The van der Waals surface area contributed by atoms with Gasteiger partial charge in [-0.05, 0) is 42.5 Å². The maximum atomic E-state index is 13.8. The number of aromatic nitrogens is 1. The van der Waals surface area contributed by atoms with Crippen LogP contribution in [0.25, 0.3) is 10.2 Å². The van der Waals surface area contributed by atoms with Crippen LogP contribution in [0.4, 0.5) is 9.52 Å². The van der Waals surface area contributed by atoms with Crippen molar-refractivity contribution < 1.29 is 32.9 Å². The van der Waals surface area contributed by atoms with Crippen LogP contribution in [-0.4, -0.2) is 52.7 Å². The first-order valence-corrected chi connectivity index (χ1v) is 11.7. The maximum Gasteiger partial charge on any atom is 0.281 e. The van der Waals surface area contributed by atoms with Gasteiger partial charge in [-0.3, -0.25) is 4.79 Å². The fourth-order valence-corrected chi connectivity index (χ4v) is 4.47. The van der Waals surface area contributed by atoms with Crippen molar-refractivity contribution in [3.8, 4) is 28.7 Å². The first-order chi connectivity index (χ1) is 17.9. The summed E-state index contributed by atoms with van der Waals surface area (Å²) >= 11 is 1.13. The number of carbonyl (C=O) groups is 1. The molecule has 0 N–H and O–H groups in total. The van der Waals surface area contributed by atoms with Gasteiger partial charge in [-0.1, -0.05) is 11.3 Å². The molecule has 1 heterocycles. The predicted octanol–water partition coefficient (Wildman–Crippen LogP) is 5.16. The lowest BCUT2D eigenvalue weighted by Gasteiger charge is -2.16. The molecule has 11 heteroatoms. The van der Waals surface area contributed by atoms with E-state index in [1.165, 1.54) is 53.9 Å². The van der Waals surface area contributed by atoms with Gasteiger partial charge < -0.3 is 23.7 Å². The van der Waals surface area contributed by atoms with Gasteiger partial charge in [0.15, 0.2) is 11.5 Å². The minimum atomic E-state index is -0.500. The Labute approximate surface area is 216 Å². The number of ether oxygens (including phenoxy) is 5. The average Bonchev–Trinajstić information content (AvgIpc) is 3.34. The second-order valence-electron chi connectivity index (χ2n) is 7.53. The van der Waals surface area contributed by atoms with E-state index in [9.17, 15) is 9.18 Å². The number of methoxy groups -OCH3 is 5. The molecular weight excluding hydrogens is 501 g/mol. The Morgan fingerprint density at radius 3 is 2.11 bits per heavy atom. The molecule has 0 atom stereocenters. The molecule has 4 rings (SSSR count). The molecule has 0 radical (unpaired) electrons. The van der Waals surface area contributed by atoms with Crippen LogP contribution in [0.1, 0.15) is 15.9 Å². The molecule has 9 nitrogen and oxygen atoms in total. The molecule has 0 aliphatic rings. The molecule has 1 aromatic heterocycles. The Kier molecular flexibility index (Phi) is 7.73. The van der Waals surface area contributed by atoms with Gasteiger partial charge in [0.1, 0.15) is 17.3 Å². The van der Waals surface area contributed by atoms with E-state index >= 15 is 0 Å². The van der Waals surface area contributed by atoms with Gasteiger partial charge in [0, 0.05) is 17.2 Å². The standard InChI is InChI=1S/C26H24FN3O6S/c1-32-18-10-16(11-19(13-18)33-2)25(31)30(26-29-20-7-6-17(27)12-23(20)37-26)28-14-15-8-21(34-3)24(36-5)22(9-15)35-4/h6-14H,1-5H3/b28-14+. The van der Waals surface area contributed by atoms with E-state index in [0.29, 0.717) is 44.5 Å². The number of carbonyl (C=O) groups excluding carboxylic acids is 1. The lowest BCUT2D eigenvalue weighted by Crippen LogP contribution is -2.25. The zero-order chi connectivity index (χ0) is 26.5. The van der Waals surface area contributed by atoms with Crippen LogP contribution < -0.4 is 28.7 Å². The van der Waals surface area contributed by atoms with Gasteiger partial charge in [-0.2, -0.15) is 10.1 Å². The van der Waals surface area contributed by atoms with Crippen LogP contribution in [0.15, 0.2) is 53.6 Å². The van der Waals surface area contributed by atoms with Crippen molar-refractivity contribution in [2.75, 3.05) is 40.6 Å². The second kappa shape index (κ2) is 11.1. The lowest BCUT2D eigenvalue weighted by atomic mass is 10.2. The average molecular weight is 526 g/mol. The van der Waals surface area contributed by atoms with Gasteiger partial charge in [-0.15, -0.1) is 0 Å². The Balaban J connectivity index is 1.82. The number of nitrogens with zero attached hydrogens (tertiary/aromatic N) is 3. The molecule has 0 aliphatic carbocycles. The summed E-state index contributed by atoms with van der Waals surface area (Å²) in [5, 5.41) is 5.84. The molecule has 0 bridgehead atoms. The molecule has 3 aromatic carbocycles. The molecule has 0 spiro atoms. The zero-order valence-electron chi connectivity index (χ0n) is 20.8. The maximum absolute atomic E-state index is 13.8. The smallest absolute Gasteiger partial charge is 0.281 e. The molecule has 37 heavy (non-hydrogen) atoms. The van der Waals surface area contributed by atoms with Crippen molar-refractivity contribution in [1.82, 2.24) is 4.98 Å². The normalized spacial score (nSPS) is 11.0. The summed E-state index contributed by atoms with van der Waals surface area (Å²) in [5.41, 5.74) is 1.36. The highest BCUT2D eigenvalue weighted by atomic mass is 32.1. The van der Waals surface area contributed by atoms with Crippen molar-refractivity contribution in [3.05, 3.63) is 65.5 Å². The number of thiazole rings is 1. The van der Waals surface area contributed by atoms with Crippen LogP contribution in [0.2, 0.25) is 0 Å². The molecule has 0 aliphatic heterocycles. The van der Waals surface area contributed by atoms with Crippen LogP contribution in [0.5, 0.6) is 28.7 Å². The predicted molar refractivity (Wildman–Crippen MR) is 140 cm³/mol. The number of hydrogen-bond donors (Lipinski definition) is 0. The SMILES string of the molecule is COc1cc(OC)cc(C(=O)N(/N=C/c2cc(OC)c(OC)c(OC)c2)c2nc3ccc(F)cc3s2)c1. The van der Waals surface area contributed by atoms with E-state index < -0.39 is 11.7 Å². The van der Waals surface area contributed by atoms with Crippen LogP contribution in [0, 0.1) is 5.82 Å². The minimum Gasteiger partial charge on any atom is -0.497 e. The zero-order valence-corrected chi connectivity index (χ0v) is 21.6. The van der Waals surface area contributed by atoms with Crippen molar-refractivity contribution in [2.45, 2.75) is 0 Å². The second-order valence-corrected chi connectivity index (χ2v) is 8.54. The third-order valence-electron chi connectivity index (χ3n) is 5.32. The van der Waals surface area contributed by atoms with Crippen LogP contribution >= 0.6 is 11.3 Å². The first kappa shape index (κ1) is 25.7. The molecule has 0 saturated carbocycles. The molecule has 1 amide bonds. The first-order valence-electron chi connectivity index (χ1n) is 10.9. The fraction of sp³-hybridized carbons (Fsp3) is 0.192. The van der Waals surface area contributed by atoms with Gasteiger partial charge in [0.25, 0.3) is 5.91 Å². The van der Waals surface area contributed by atoms with E-state index in [0.717, 1.165) is 16.3 Å². The van der Waals surface area contributed by atoms with Crippen molar-refractivity contribution in [2.24, 2.45) is 5.10 Å². The van der Waals surface area contributed by atoms with E-state index in [1.54, 1.807) is 36.4 Å². The van der Waals surface area contributed by atoms with Crippen LogP contribution in [0.3, 0.4) is 0 Å². The highest BCUT2D eigenvalue weighted by molar-refractivity contribution is 7.22. The summed E-state index contributed by atoms with van der Waals surface area (Å²) in [7, 11) is 7.50. The highest BCUT2D eigenvalue weighted by Gasteiger charge is 2.23. The number of benzene rings is 3. The summed E-state index contributed by atoms with van der Waals surface area (Å²) in [6.07, 6.45) is 1.46. The monoisotopic (exact) mass is 525 g/mol. The quantitative estimate of drug-likeness (QED) is 0.220. The fourth-order valence-electron chi connectivity index (χ4n) is 3.52. The Morgan fingerprint density at radius 1 is 0.892 bits per heavy atom. The molecule has 0 unspecified atom stereocenters.